The minimum Gasteiger partial charge on any atom is -0.292 e. The fourth-order valence-corrected chi connectivity index (χ4v) is 1.89. The average molecular weight is 269 g/mol. The maximum atomic E-state index is 12.0. The molecular formula is C12H10Cl2N2O. The summed E-state index contributed by atoms with van der Waals surface area (Å²) in [5.74, 6) is -0.111. The third kappa shape index (κ3) is 2.87. The molecular weight excluding hydrogens is 259 g/mol. The Morgan fingerprint density at radius 3 is 2.82 bits per heavy atom. The maximum absolute atomic E-state index is 12.0. The molecule has 0 saturated heterocycles. The third-order valence-electron chi connectivity index (χ3n) is 2.30. The van der Waals surface area contributed by atoms with Crippen LogP contribution in [-0.2, 0) is 6.54 Å². The van der Waals surface area contributed by atoms with Gasteiger partial charge < -0.3 is 0 Å². The van der Waals surface area contributed by atoms with Gasteiger partial charge in [-0.1, -0.05) is 23.2 Å². The highest BCUT2D eigenvalue weighted by Crippen LogP contribution is 2.21. The molecule has 88 valence electrons. The molecule has 0 saturated carbocycles. The lowest BCUT2D eigenvalue weighted by Gasteiger charge is -2.04. The summed E-state index contributed by atoms with van der Waals surface area (Å²) in [5, 5.41) is 4.95. The molecule has 0 aliphatic heterocycles. The Kier molecular flexibility index (Phi) is 3.50. The van der Waals surface area contributed by atoms with E-state index in [0.29, 0.717) is 15.6 Å². The number of benzene rings is 1. The summed E-state index contributed by atoms with van der Waals surface area (Å²) in [6.45, 7) is 2.08. The van der Waals surface area contributed by atoms with Gasteiger partial charge in [-0.3, -0.25) is 9.48 Å². The van der Waals surface area contributed by atoms with Gasteiger partial charge in [0.15, 0.2) is 5.78 Å². The standard InChI is InChI=1S/C12H10Cl2N2O/c1-8-5-15-16(6-8)7-12(17)10-4-9(13)2-3-11(10)14/h2-6H,7H2,1H3. The molecule has 1 aromatic heterocycles. The highest BCUT2D eigenvalue weighted by Gasteiger charge is 2.12. The van der Waals surface area contributed by atoms with Crippen molar-refractivity contribution in [1.29, 1.82) is 0 Å². The fraction of sp³-hybridized carbons (Fsp3) is 0.167. The van der Waals surface area contributed by atoms with Crippen molar-refractivity contribution < 1.29 is 4.79 Å². The van der Waals surface area contributed by atoms with Crippen LogP contribution in [0.3, 0.4) is 0 Å². The van der Waals surface area contributed by atoms with Gasteiger partial charge in [-0.2, -0.15) is 5.10 Å². The van der Waals surface area contributed by atoms with E-state index >= 15 is 0 Å². The first kappa shape index (κ1) is 12.1. The number of nitrogens with zero attached hydrogens (tertiary/aromatic N) is 2. The van der Waals surface area contributed by atoms with E-state index in [1.165, 1.54) is 0 Å². The summed E-state index contributed by atoms with van der Waals surface area (Å²) in [5.41, 5.74) is 1.43. The number of aryl methyl sites for hydroxylation is 1. The molecule has 5 heteroatoms. The zero-order valence-corrected chi connectivity index (χ0v) is 10.7. The van der Waals surface area contributed by atoms with Gasteiger partial charge in [0, 0.05) is 16.8 Å². The molecule has 0 aliphatic rings. The topological polar surface area (TPSA) is 34.9 Å². The Morgan fingerprint density at radius 1 is 1.41 bits per heavy atom. The second kappa shape index (κ2) is 4.90. The minimum absolute atomic E-state index is 0.111. The van der Waals surface area contributed by atoms with E-state index in [1.54, 1.807) is 35.3 Å². The Labute approximate surface area is 109 Å². The molecule has 3 nitrogen and oxygen atoms in total. The number of hydrogen-bond donors (Lipinski definition) is 0. The predicted molar refractivity (Wildman–Crippen MR) is 67.8 cm³/mol. The maximum Gasteiger partial charge on any atom is 0.185 e. The molecule has 0 unspecified atom stereocenters. The van der Waals surface area contributed by atoms with E-state index < -0.39 is 0 Å². The summed E-state index contributed by atoms with van der Waals surface area (Å²) in [6.07, 6.45) is 3.50. The van der Waals surface area contributed by atoms with Crippen LogP contribution >= 0.6 is 23.2 Å². The summed E-state index contributed by atoms with van der Waals surface area (Å²) < 4.78 is 1.58. The number of ketones is 1. The highest BCUT2D eigenvalue weighted by molar-refractivity contribution is 6.35. The van der Waals surface area contributed by atoms with E-state index in [2.05, 4.69) is 5.10 Å². The smallest absolute Gasteiger partial charge is 0.185 e. The first-order valence-corrected chi connectivity index (χ1v) is 5.79. The summed E-state index contributed by atoms with van der Waals surface area (Å²) >= 11 is 11.8. The van der Waals surface area contributed by atoms with Crippen LogP contribution in [0.1, 0.15) is 15.9 Å². The van der Waals surface area contributed by atoms with Crippen molar-refractivity contribution in [2.75, 3.05) is 0 Å². The molecule has 0 bridgehead atoms. The number of halogens is 2. The van der Waals surface area contributed by atoms with E-state index in [-0.39, 0.29) is 12.3 Å². The number of carbonyl (C=O) groups is 1. The number of rotatable bonds is 3. The Hall–Kier alpha value is -1.32. The molecule has 0 atom stereocenters. The summed E-state index contributed by atoms with van der Waals surface area (Å²) in [7, 11) is 0. The minimum atomic E-state index is -0.111. The first-order chi connectivity index (χ1) is 8.06. The lowest BCUT2D eigenvalue weighted by Crippen LogP contribution is -2.11. The van der Waals surface area contributed by atoms with Gasteiger partial charge in [-0.05, 0) is 30.7 Å². The van der Waals surface area contributed by atoms with E-state index in [1.807, 2.05) is 6.92 Å². The van der Waals surface area contributed by atoms with Crippen LogP contribution in [0.5, 0.6) is 0 Å². The van der Waals surface area contributed by atoms with Crippen molar-refractivity contribution in [3.8, 4) is 0 Å². The zero-order valence-electron chi connectivity index (χ0n) is 9.15. The average Bonchev–Trinajstić information content (AvgIpc) is 2.67. The quantitative estimate of drug-likeness (QED) is 0.800. The van der Waals surface area contributed by atoms with Crippen LogP contribution in [-0.4, -0.2) is 15.6 Å². The SMILES string of the molecule is Cc1cnn(CC(=O)c2cc(Cl)ccc2Cl)c1. The van der Waals surface area contributed by atoms with Crippen LogP contribution in [0.15, 0.2) is 30.6 Å². The lowest BCUT2D eigenvalue weighted by atomic mass is 10.1. The van der Waals surface area contributed by atoms with Crippen molar-refractivity contribution in [3.63, 3.8) is 0 Å². The van der Waals surface area contributed by atoms with Crippen molar-refractivity contribution >= 4 is 29.0 Å². The van der Waals surface area contributed by atoms with Gasteiger partial charge in [0.05, 0.1) is 11.2 Å². The van der Waals surface area contributed by atoms with Crippen molar-refractivity contribution in [2.24, 2.45) is 0 Å². The second-order valence-corrected chi connectivity index (χ2v) is 4.61. The second-order valence-electron chi connectivity index (χ2n) is 3.76. The molecule has 17 heavy (non-hydrogen) atoms. The molecule has 1 heterocycles. The molecule has 0 aliphatic carbocycles. The largest absolute Gasteiger partial charge is 0.292 e. The van der Waals surface area contributed by atoms with Gasteiger partial charge in [-0.15, -0.1) is 0 Å². The Balaban J connectivity index is 2.22. The molecule has 0 radical (unpaired) electrons. The first-order valence-electron chi connectivity index (χ1n) is 5.03. The molecule has 1 aromatic carbocycles. The van der Waals surface area contributed by atoms with Crippen LogP contribution in [0.25, 0.3) is 0 Å². The van der Waals surface area contributed by atoms with E-state index in [9.17, 15) is 4.79 Å². The number of hydrogen-bond acceptors (Lipinski definition) is 2. The van der Waals surface area contributed by atoms with Crippen molar-refractivity contribution in [1.82, 2.24) is 9.78 Å². The fourth-order valence-electron chi connectivity index (χ4n) is 1.50. The summed E-state index contributed by atoms with van der Waals surface area (Å²) in [6, 6.07) is 4.84. The molecule has 0 amide bonds. The van der Waals surface area contributed by atoms with Crippen LogP contribution in [0, 0.1) is 6.92 Å². The molecule has 0 fully saturated rings. The van der Waals surface area contributed by atoms with Crippen molar-refractivity contribution in [2.45, 2.75) is 13.5 Å². The van der Waals surface area contributed by atoms with E-state index in [4.69, 9.17) is 23.2 Å². The van der Waals surface area contributed by atoms with Gasteiger partial charge in [0.1, 0.15) is 6.54 Å². The van der Waals surface area contributed by atoms with Crippen LogP contribution in [0.2, 0.25) is 10.0 Å². The monoisotopic (exact) mass is 268 g/mol. The van der Waals surface area contributed by atoms with Gasteiger partial charge in [0.2, 0.25) is 0 Å². The van der Waals surface area contributed by atoms with Gasteiger partial charge in [0.25, 0.3) is 0 Å². The zero-order chi connectivity index (χ0) is 12.4. The highest BCUT2D eigenvalue weighted by atomic mass is 35.5. The normalized spacial score (nSPS) is 10.5. The van der Waals surface area contributed by atoms with Crippen LogP contribution < -0.4 is 0 Å². The Morgan fingerprint density at radius 2 is 2.18 bits per heavy atom. The third-order valence-corrected chi connectivity index (χ3v) is 2.86. The number of Topliss-reactive ketones (excluding diaryl/α,β-unsaturated/α-hetero) is 1. The van der Waals surface area contributed by atoms with E-state index in [0.717, 1.165) is 5.56 Å². The molecule has 0 N–H and O–H groups in total. The molecule has 2 rings (SSSR count). The molecule has 0 spiro atoms. The van der Waals surface area contributed by atoms with Crippen LogP contribution in [0.4, 0.5) is 0 Å². The van der Waals surface area contributed by atoms with Gasteiger partial charge in [-0.25, -0.2) is 0 Å². The Bertz CT molecular complexity index is 563. The predicted octanol–water partition coefficient (Wildman–Crippen LogP) is 3.38. The van der Waals surface area contributed by atoms with Crippen molar-refractivity contribution in [3.05, 3.63) is 51.8 Å². The lowest BCUT2D eigenvalue weighted by molar-refractivity contribution is 0.0968. The van der Waals surface area contributed by atoms with Gasteiger partial charge >= 0.3 is 0 Å². The number of aromatic nitrogens is 2. The summed E-state index contributed by atoms with van der Waals surface area (Å²) in [4.78, 5) is 12.0. The number of carbonyl (C=O) groups excluding carboxylic acids is 1. The molecule has 2 aromatic rings.